The van der Waals surface area contributed by atoms with E-state index in [4.69, 9.17) is 4.42 Å². The number of rotatable bonds is 6. The summed E-state index contributed by atoms with van der Waals surface area (Å²) in [6, 6.07) is 5.21. The van der Waals surface area contributed by atoms with Gasteiger partial charge >= 0.3 is 18.4 Å². The molecule has 6 heterocycles. The van der Waals surface area contributed by atoms with Crippen LogP contribution in [-0.4, -0.2) is 63.5 Å². The zero-order valence-electron chi connectivity index (χ0n) is 19.1. The molecule has 0 saturated heterocycles. The lowest BCUT2D eigenvalue weighted by Crippen LogP contribution is -2.41. The minimum absolute atomic E-state index is 0.0433. The molecule has 1 aliphatic heterocycles. The van der Waals surface area contributed by atoms with E-state index in [1.54, 1.807) is 12.3 Å². The van der Waals surface area contributed by atoms with Crippen LogP contribution in [0.4, 0.5) is 13.2 Å². The van der Waals surface area contributed by atoms with Crippen molar-refractivity contribution in [2.24, 2.45) is 0 Å². The van der Waals surface area contributed by atoms with Crippen molar-refractivity contribution in [3.63, 3.8) is 0 Å². The maximum Gasteiger partial charge on any atom is 0.387 e. The predicted molar refractivity (Wildman–Crippen MR) is 118 cm³/mol. The van der Waals surface area contributed by atoms with Crippen molar-refractivity contribution in [2.75, 3.05) is 6.54 Å². The molecule has 5 aromatic rings. The smallest absolute Gasteiger partial charge is 0.387 e. The van der Waals surface area contributed by atoms with E-state index in [0.29, 0.717) is 23.3 Å². The number of hydrogen-bond donors (Lipinski definition) is 1. The molecule has 1 aliphatic rings. The SMILES string of the molecule is CC(F)n1ccc(-c2nnc(C(=O)N3CCc4[nH]cnc4[C@@H]3c3cc4c(OC(F)F)cccn4n3)o2)n1. The highest BCUT2D eigenvalue weighted by Gasteiger charge is 2.38. The molecule has 12 nitrogen and oxygen atoms in total. The van der Waals surface area contributed by atoms with Crippen molar-refractivity contribution >= 4 is 11.4 Å². The normalized spacial score (nSPS) is 16.4. The Labute approximate surface area is 205 Å². The second-order valence-corrected chi connectivity index (χ2v) is 8.23. The van der Waals surface area contributed by atoms with Gasteiger partial charge in [0.05, 0.1) is 17.7 Å². The summed E-state index contributed by atoms with van der Waals surface area (Å²) in [5, 5.41) is 16.3. The molecule has 0 aromatic carbocycles. The van der Waals surface area contributed by atoms with Crippen LogP contribution in [0.15, 0.2) is 47.4 Å². The van der Waals surface area contributed by atoms with E-state index in [0.717, 1.165) is 10.4 Å². The van der Waals surface area contributed by atoms with Crippen LogP contribution in [0.25, 0.3) is 17.1 Å². The molecule has 0 aliphatic carbocycles. The molecule has 37 heavy (non-hydrogen) atoms. The number of nitrogens with one attached hydrogen (secondary N) is 1. The Morgan fingerprint density at radius 3 is 2.86 bits per heavy atom. The molecule has 15 heteroatoms. The summed E-state index contributed by atoms with van der Waals surface area (Å²) in [5.74, 6) is -0.988. The van der Waals surface area contributed by atoms with E-state index < -0.39 is 24.9 Å². The Kier molecular flexibility index (Phi) is 5.39. The Hall–Kier alpha value is -4.69. The van der Waals surface area contributed by atoms with Crippen LogP contribution < -0.4 is 4.74 Å². The minimum Gasteiger partial charge on any atom is -0.433 e. The van der Waals surface area contributed by atoms with Crippen LogP contribution in [-0.2, 0) is 6.42 Å². The fourth-order valence-electron chi connectivity index (χ4n) is 4.32. The second kappa shape index (κ2) is 8.76. The number of hydrogen-bond acceptors (Lipinski definition) is 8. The van der Waals surface area contributed by atoms with Crippen LogP contribution in [0.1, 0.15) is 47.0 Å². The summed E-state index contributed by atoms with van der Waals surface area (Å²) in [6.07, 6.45) is 3.64. The number of pyridine rings is 1. The molecule has 0 saturated carbocycles. The number of aromatic nitrogens is 8. The van der Waals surface area contributed by atoms with Gasteiger partial charge in [-0.05, 0) is 31.2 Å². The molecule has 0 bridgehead atoms. The molecule has 6 rings (SSSR count). The molecule has 1 amide bonds. The number of carbonyl (C=O) groups excluding carboxylic acids is 1. The first kappa shape index (κ1) is 22.8. The molecular formula is C22H18F3N9O3. The number of amides is 1. The van der Waals surface area contributed by atoms with Crippen LogP contribution >= 0.6 is 0 Å². The molecule has 2 atom stereocenters. The van der Waals surface area contributed by atoms with Gasteiger partial charge in [0.1, 0.15) is 17.3 Å². The summed E-state index contributed by atoms with van der Waals surface area (Å²) in [6.45, 7) is -1.43. The van der Waals surface area contributed by atoms with E-state index >= 15 is 0 Å². The molecular weight excluding hydrogens is 495 g/mol. The van der Waals surface area contributed by atoms with Crippen LogP contribution in [0.2, 0.25) is 0 Å². The van der Waals surface area contributed by atoms with Crippen LogP contribution in [0, 0.1) is 0 Å². The summed E-state index contributed by atoms with van der Waals surface area (Å²) < 4.78 is 52.0. The number of alkyl halides is 3. The monoisotopic (exact) mass is 513 g/mol. The quantitative estimate of drug-likeness (QED) is 0.366. The van der Waals surface area contributed by atoms with Crippen LogP contribution in [0.3, 0.4) is 0 Å². The fraction of sp³-hybridized carbons (Fsp3) is 0.273. The minimum atomic E-state index is -3.01. The van der Waals surface area contributed by atoms with Gasteiger partial charge in [0, 0.05) is 31.1 Å². The first-order valence-corrected chi connectivity index (χ1v) is 11.2. The topological polar surface area (TPSA) is 132 Å². The van der Waals surface area contributed by atoms with E-state index in [1.165, 1.54) is 47.1 Å². The molecule has 0 spiro atoms. The largest absolute Gasteiger partial charge is 0.433 e. The summed E-state index contributed by atoms with van der Waals surface area (Å²) >= 11 is 0. The number of imidazole rings is 1. The molecule has 5 aromatic heterocycles. The average molecular weight is 513 g/mol. The number of aromatic amines is 1. The number of H-pyrrole nitrogens is 1. The zero-order chi connectivity index (χ0) is 25.7. The highest BCUT2D eigenvalue weighted by atomic mass is 19.3. The Morgan fingerprint density at radius 2 is 2.08 bits per heavy atom. The Balaban J connectivity index is 1.37. The summed E-state index contributed by atoms with van der Waals surface area (Å²) in [4.78, 5) is 22.5. The number of ether oxygens (including phenoxy) is 1. The molecule has 190 valence electrons. The maximum atomic E-state index is 13.5. The first-order chi connectivity index (χ1) is 17.9. The van der Waals surface area contributed by atoms with Crippen molar-refractivity contribution < 1.29 is 27.1 Å². The molecule has 1 unspecified atom stereocenters. The zero-order valence-corrected chi connectivity index (χ0v) is 19.1. The van der Waals surface area contributed by atoms with Crippen molar-refractivity contribution in [3.05, 3.63) is 66.0 Å². The first-order valence-electron chi connectivity index (χ1n) is 11.2. The third-order valence-corrected chi connectivity index (χ3v) is 5.96. The van der Waals surface area contributed by atoms with Crippen LogP contribution in [0.5, 0.6) is 5.75 Å². The lowest BCUT2D eigenvalue weighted by molar-refractivity contribution is -0.0490. The van der Waals surface area contributed by atoms with Gasteiger partial charge in [0.15, 0.2) is 12.0 Å². The lowest BCUT2D eigenvalue weighted by atomic mass is 9.99. The maximum absolute atomic E-state index is 13.5. The summed E-state index contributed by atoms with van der Waals surface area (Å²) in [5.41, 5.74) is 2.25. The average Bonchev–Trinajstić information content (AvgIpc) is 3.67. The number of halogens is 3. The van der Waals surface area contributed by atoms with Gasteiger partial charge in [-0.15, -0.1) is 10.2 Å². The molecule has 0 radical (unpaired) electrons. The van der Waals surface area contributed by atoms with Gasteiger partial charge in [0.25, 0.3) is 5.89 Å². The van der Waals surface area contributed by atoms with Crippen molar-refractivity contribution in [1.29, 1.82) is 0 Å². The molecule has 0 fully saturated rings. The van der Waals surface area contributed by atoms with Crippen molar-refractivity contribution in [3.8, 4) is 17.3 Å². The van der Waals surface area contributed by atoms with Gasteiger partial charge in [0.2, 0.25) is 0 Å². The standard InChI is InChI=1S/C22H18F3N9O3/c1-11(23)33-8-5-13(30-33)19-28-29-20(37-19)21(35)32-7-4-12-17(27-10-26-12)18(32)14-9-15-16(36-22(24)25)3-2-6-34(15)31-14/h2-3,5-6,8-11,18,22H,4,7H2,1H3,(H,26,27)/t11?,18-/m0/s1. The highest BCUT2D eigenvalue weighted by molar-refractivity contribution is 5.90. The third-order valence-electron chi connectivity index (χ3n) is 5.96. The van der Waals surface area contributed by atoms with Gasteiger partial charge in [-0.2, -0.15) is 19.0 Å². The van der Waals surface area contributed by atoms with E-state index in [1.807, 2.05) is 0 Å². The Morgan fingerprint density at radius 1 is 1.22 bits per heavy atom. The molecule has 1 N–H and O–H groups in total. The Bertz CT molecular complexity index is 1590. The summed E-state index contributed by atoms with van der Waals surface area (Å²) in [7, 11) is 0. The number of nitrogens with zero attached hydrogens (tertiary/aromatic N) is 8. The number of carbonyl (C=O) groups is 1. The van der Waals surface area contributed by atoms with E-state index in [2.05, 4.69) is 35.1 Å². The number of fused-ring (bicyclic) bond motifs is 2. The van der Waals surface area contributed by atoms with Gasteiger partial charge in [-0.1, -0.05) is 0 Å². The van der Waals surface area contributed by atoms with Crippen molar-refractivity contribution in [1.82, 2.24) is 44.5 Å². The highest BCUT2D eigenvalue weighted by Crippen LogP contribution is 2.35. The third kappa shape index (κ3) is 3.97. The second-order valence-electron chi connectivity index (χ2n) is 8.23. The lowest BCUT2D eigenvalue weighted by Gasteiger charge is -2.32. The van der Waals surface area contributed by atoms with Gasteiger partial charge in [-0.25, -0.2) is 18.6 Å². The van der Waals surface area contributed by atoms with Gasteiger partial charge in [-0.3, -0.25) is 4.79 Å². The predicted octanol–water partition coefficient (Wildman–Crippen LogP) is 3.18. The van der Waals surface area contributed by atoms with Gasteiger partial charge < -0.3 is 19.0 Å². The van der Waals surface area contributed by atoms with Crippen molar-refractivity contribution in [2.45, 2.75) is 32.3 Å². The fourth-order valence-corrected chi connectivity index (χ4v) is 4.32. The van der Waals surface area contributed by atoms with E-state index in [-0.39, 0.29) is 29.8 Å². The van der Waals surface area contributed by atoms with E-state index in [9.17, 15) is 18.0 Å².